The van der Waals surface area contributed by atoms with Crippen LogP contribution in [0.3, 0.4) is 0 Å². The first kappa shape index (κ1) is 15.5. The predicted octanol–water partition coefficient (Wildman–Crippen LogP) is 1.28. The second-order valence-corrected chi connectivity index (χ2v) is 4.29. The van der Waals surface area contributed by atoms with E-state index in [0.29, 0.717) is 11.3 Å². The molecule has 0 saturated heterocycles. The Morgan fingerprint density at radius 3 is 2.15 bits per heavy atom. The molecule has 0 saturated carbocycles. The van der Waals surface area contributed by atoms with E-state index in [4.69, 9.17) is 0 Å². The molecular formula is C13H17N3O4. The Morgan fingerprint density at radius 2 is 1.65 bits per heavy atom. The summed E-state index contributed by atoms with van der Waals surface area (Å²) in [6.45, 7) is 3.57. The SMILES string of the molecule is COC(=O)NNC(=O)c1ccc(NC(=O)C(C)C)cc1. The summed E-state index contributed by atoms with van der Waals surface area (Å²) in [4.78, 5) is 33.9. The second kappa shape index (κ2) is 7.13. The van der Waals surface area contributed by atoms with Gasteiger partial charge in [-0.15, -0.1) is 0 Å². The Bertz CT molecular complexity index is 497. The quantitative estimate of drug-likeness (QED) is 0.726. The molecular weight excluding hydrogens is 262 g/mol. The molecule has 0 aliphatic carbocycles. The number of rotatable bonds is 3. The Kier molecular flexibility index (Phi) is 5.52. The number of anilines is 1. The van der Waals surface area contributed by atoms with Gasteiger partial charge in [-0.25, -0.2) is 10.2 Å². The number of methoxy groups -OCH3 is 1. The van der Waals surface area contributed by atoms with Crippen LogP contribution in [0.5, 0.6) is 0 Å². The number of hydrazine groups is 1. The lowest BCUT2D eigenvalue weighted by atomic mass is 10.1. The number of ether oxygens (including phenoxy) is 1. The highest BCUT2D eigenvalue weighted by atomic mass is 16.5. The maximum absolute atomic E-state index is 11.6. The van der Waals surface area contributed by atoms with Crippen molar-refractivity contribution in [3.8, 4) is 0 Å². The number of amides is 3. The molecule has 0 fully saturated rings. The Balaban J connectivity index is 2.59. The van der Waals surface area contributed by atoms with E-state index in [2.05, 4.69) is 20.9 Å². The molecule has 20 heavy (non-hydrogen) atoms. The zero-order valence-corrected chi connectivity index (χ0v) is 11.5. The van der Waals surface area contributed by atoms with Gasteiger partial charge in [-0.05, 0) is 24.3 Å². The normalized spacial score (nSPS) is 9.80. The standard InChI is InChI=1S/C13H17N3O4/c1-8(2)11(17)14-10-6-4-9(5-7-10)12(18)15-16-13(19)20-3/h4-8H,1-3H3,(H,14,17)(H,15,18)(H,16,19). The number of carbonyl (C=O) groups is 3. The topological polar surface area (TPSA) is 96.5 Å². The van der Waals surface area contributed by atoms with Crippen molar-refractivity contribution in [2.45, 2.75) is 13.8 Å². The van der Waals surface area contributed by atoms with E-state index in [-0.39, 0.29) is 11.8 Å². The molecule has 0 aromatic heterocycles. The third kappa shape index (κ3) is 4.60. The predicted molar refractivity (Wildman–Crippen MR) is 72.9 cm³/mol. The van der Waals surface area contributed by atoms with Crippen LogP contribution in [0.25, 0.3) is 0 Å². The zero-order valence-electron chi connectivity index (χ0n) is 11.5. The van der Waals surface area contributed by atoms with Gasteiger partial charge < -0.3 is 10.1 Å². The molecule has 7 nitrogen and oxygen atoms in total. The van der Waals surface area contributed by atoms with Crippen molar-refractivity contribution in [3.05, 3.63) is 29.8 Å². The van der Waals surface area contributed by atoms with Crippen molar-refractivity contribution in [2.24, 2.45) is 5.92 Å². The summed E-state index contributed by atoms with van der Waals surface area (Å²) >= 11 is 0. The zero-order chi connectivity index (χ0) is 15.1. The average molecular weight is 279 g/mol. The van der Waals surface area contributed by atoms with Crippen molar-refractivity contribution in [1.82, 2.24) is 10.9 Å². The molecule has 7 heteroatoms. The van der Waals surface area contributed by atoms with E-state index >= 15 is 0 Å². The monoisotopic (exact) mass is 279 g/mol. The van der Waals surface area contributed by atoms with Crippen LogP contribution >= 0.6 is 0 Å². The molecule has 0 spiro atoms. The summed E-state index contributed by atoms with van der Waals surface area (Å²) in [5.41, 5.74) is 5.17. The van der Waals surface area contributed by atoms with Crippen molar-refractivity contribution >= 4 is 23.6 Å². The van der Waals surface area contributed by atoms with E-state index < -0.39 is 12.0 Å². The van der Waals surface area contributed by atoms with Crippen LogP contribution in [0.4, 0.5) is 10.5 Å². The van der Waals surface area contributed by atoms with E-state index in [1.54, 1.807) is 26.0 Å². The van der Waals surface area contributed by atoms with Crippen molar-refractivity contribution in [3.63, 3.8) is 0 Å². The van der Waals surface area contributed by atoms with Gasteiger partial charge in [0, 0.05) is 17.2 Å². The molecule has 3 N–H and O–H groups in total. The minimum absolute atomic E-state index is 0.102. The van der Waals surface area contributed by atoms with Gasteiger partial charge in [0.05, 0.1) is 7.11 Å². The summed E-state index contributed by atoms with van der Waals surface area (Å²) in [6.07, 6.45) is -0.765. The average Bonchev–Trinajstić information content (AvgIpc) is 2.44. The van der Waals surface area contributed by atoms with E-state index in [9.17, 15) is 14.4 Å². The molecule has 3 amide bonds. The third-order valence-electron chi connectivity index (χ3n) is 2.40. The van der Waals surface area contributed by atoms with Gasteiger partial charge in [0.25, 0.3) is 5.91 Å². The Labute approximate surface area is 116 Å². The Morgan fingerprint density at radius 1 is 1.05 bits per heavy atom. The summed E-state index contributed by atoms with van der Waals surface area (Å²) in [7, 11) is 1.19. The molecule has 0 heterocycles. The van der Waals surface area contributed by atoms with Crippen molar-refractivity contribution in [1.29, 1.82) is 0 Å². The fourth-order valence-electron chi connectivity index (χ4n) is 1.22. The highest BCUT2D eigenvalue weighted by Crippen LogP contribution is 2.10. The molecule has 0 unspecified atom stereocenters. The molecule has 1 aromatic rings. The highest BCUT2D eigenvalue weighted by Gasteiger charge is 2.09. The molecule has 0 aliphatic heterocycles. The fourth-order valence-corrected chi connectivity index (χ4v) is 1.22. The summed E-state index contributed by atoms with van der Waals surface area (Å²) in [6, 6.07) is 6.27. The highest BCUT2D eigenvalue weighted by molar-refractivity contribution is 5.96. The maximum atomic E-state index is 11.6. The van der Waals surface area contributed by atoms with Gasteiger partial charge in [0.15, 0.2) is 0 Å². The summed E-state index contributed by atoms with van der Waals surface area (Å²) in [5, 5.41) is 2.71. The molecule has 1 rings (SSSR count). The van der Waals surface area contributed by atoms with Crippen LogP contribution in [-0.2, 0) is 9.53 Å². The smallest absolute Gasteiger partial charge is 0.425 e. The number of hydrogen-bond acceptors (Lipinski definition) is 4. The van der Waals surface area contributed by atoms with Gasteiger partial charge in [-0.3, -0.25) is 15.0 Å². The van der Waals surface area contributed by atoms with Crippen LogP contribution in [0.2, 0.25) is 0 Å². The maximum Gasteiger partial charge on any atom is 0.425 e. The van der Waals surface area contributed by atoms with Gasteiger partial charge >= 0.3 is 6.09 Å². The molecule has 0 radical (unpaired) electrons. The van der Waals surface area contributed by atoms with Gasteiger partial charge in [-0.1, -0.05) is 13.8 Å². The number of hydrogen-bond donors (Lipinski definition) is 3. The van der Waals surface area contributed by atoms with Crippen LogP contribution in [0.1, 0.15) is 24.2 Å². The van der Waals surface area contributed by atoms with Crippen molar-refractivity contribution < 1.29 is 19.1 Å². The number of nitrogens with one attached hydrogen (secondary N) is 3. The molecule has 1 aromatic carbocycles. The van der Waals surface area contributed by atoms with Crippen LogP contribution in [0, 0.1) is 5.92 Å². The minimum atomic E-state index is -0.765. The third-order valence-corrected chi connectivity index (χ3v) is 2.40. The molecule has 0 atom stereocenters. The first-order chi connectivity index (χ1) is 9.43. The van der Waals surface area contributed by atoms with Gasteiger partial charge in [-0.2, -0.15) is 0 Å². The lowest BCUT2D eigenvalue weighted by molar-refractivity contribution is -0.118. The van der Waals surface area contributed by atoms with Crippen molar-refractivity contribution in [2.75, 3.05) is 12.4 Å². The van der Waals surface area contributed by atoms with E-state index in [1.807, 2.05) is 0 Å². The summed E-state index contributed by atoms with van der Waals surface area (Å²) < 4.78 is 4.31. The number of carbonyl (C=O) groups excluding carboxylic acids is 3. The lowest BCUT2D eigenvalue weighted by Gasteiger charge is -2.09. The molecule has 0 bridgehead atoms. The Hall–Kier alpha value is -2.57. The van der Waals surface area contributed by atoms with Crippen LogP contribution in [-0.4, -0.2) is 25.0 Å². The minimum Gasteiger partial charge on any atom is -0.452 e. The van der Waals surface area contributed by atoms with E-state index in [0.717, 1.165) is 0 Å². The van der Waals surface area contributed by atoms with Gasteiger partial charge in [0.2, 0.25) is 5.91 Å². The first-order valence-corrected chi connectivity index (χ1v) is 5.99. The second-order valence-electron chi connectivity index (χ2n) is 4.29. The number of benzene rings is 1. The molecule has 108 valence electrons. The molecule has 0 aliphatic rings. The van der Waals surface area contributed by atoms with Crippen LogP contribution < -0.4 is 16.2 Å². The summed E-state index contributed by atoms with van der Waals surface area (Å²) in [5.74, 6) is -0.714. The lowest BCUT2D eigenvalue weighted by Crippen LogP contribution is -2.41. The first-order valence-electron chi connectivity index (χ1n) is 5.99. The van der Waals surface area contributed by atoms with Gasteiger partial charge in [0.1, 0.15) is 0 Å². The van der Waals surface area contributed by atoms with Crippen LogP contribution in [0.15, 0.2) is 24.3 Å². The van der Waals surface area contributed by atoms with E-state index in [1.165, 1.54) is 19.2 Å². The largest absolute Gasteiger partial charge is 0.452 e. The fraction of sp³-hybridized carbons (Fsp3) is 0.308.